The molecule has 162 valence electrons. The molecule has 0 bridgehead atoms. The fourth-order valence-corrected chi connectivity index (χ4v) is 3.23. The Kier molecular flexibility index (Phi) is 5.79. The van der Waals surface area contributed by atoms with Gasteiger partial charge in [0, 0.05) is 19.2 Å². The number of carboxylic acid groups (broad SMARTS) is 1. The Morgan fingerprint density at radius 1 is 1.16 bits per heavy atom. The normalized spacial score (nSPS) is 11.4. The maximum absolute atomic E-state index is 12.6. The molecule has 0 saturated heterocycles. The van der Waals surface area contributed by atoms with Crippen molar-refractivity contribution in [3.8, 4) is 0 Å². The highest BCUT2D eigenvalue weighted by Crippen LogP contribution is 2.23. The summed E-state index contributed by atoms with van der Waals surface area (Å²) >= 11 is 0. The van der Waals surface area contributed by atoms with Gasteiger partial charge in [-0.05, 0) is 51.5 Å². The van der Waals surface area contributed by atoms with Gasteiger partial charge in [-0.25, -0.2) is 24.1 Å². The number of hydrogen-bond acceptors (Lipinski definition) is 6. The van der Waals surface area contributed by atoms with Crippen molar-refractivity contribution in [2.45, 2.75) is 39.7 Å². The first-order valence-corrected chi connectivity index (χ1v) is 9.67. The van der Waals surface area contributed by atoms with Gasteiger partial charge in [0.1, 0.15) is 17.1 Å². The van der Waals surface area contributed by atoms with Crippen LogP contribution in [0.5, 0.6) is 0 Å². The molecule has 0 aliphatic carbocycles. The average molecular weight is 424 g/mol. The van der Waals surface area contributed by atoms with Crippen molar-refractivity contribution in [3.63, 3.8) is 0 Å². The van der Waals surface area contributed by atoms with Crippen LogP contribution in [0, 0.1) is 6.92 Å². The van der Waals surface area contributed by atoms with Gasteiger partial charge in [0.15, 0.2) is 0 Å². The predicted molar refractivity (Wildman–Crippen MR) is 113 cm³/mol. The van der Waals surface area contributed by atoms with Crippen LogP contribution in [0.3, 0.4) is 0 Å². The molecule has 3 rings (SSSR count). The first kappa shape index (κ1) is 21.9. The van der Waals surface area contributed by atoms with Gasteiger partial charge in [-0.15, -0.1) is 0 Å². The highest BCUT2D eigenvalue weighted by Gasteiger charge is 2.21. The molecule has 9 nitrogen and oxygen atoms in total. The van der Waals surface area contributed by atoms with Gasteiger partial charge in [0.2, 0.25) is 0 Å². The van der Waals surface area contributed by atoms with Crippen molar-refractivity contribution in [2.75, 3.05) is 7.05 Å². The summed E-state index contributed by atoms with van der Waals surface area (Å²) in [6, 6.07) is 8.17. The number of benzene rings is 1. The molecule has 0 aliphatic rings. The van der Waals surface area contributed by atoms with E-state index in [1.165, 1.54) is 13.1 Å². The number of fused-ring (bicyclic) bond motifs is 1. The minimum Gasteiger partial charge on any atom is -0.464 e. The van der Waals surface area contributed by atoms with Gasteiger partial charge in [-0.1, -0.05) is 12.1 Å². The van der Waals surface area contributed by atoms with E-state index in [0.717, 1.165) is 10.1 Å². The molecule has 0 unspecified atom stereocenters. The highest BCUT2D eigenvalue weighted by atomic mass is 16.6. The quantitative estimate of drug-likeness (QED) is 0.617. The van der Waals surface area contributed by atoms with E-state index in [0.29, 0.717) is 22.6 Å². The van der Waals surface area contributed by atoms with E-state index in [-0.39, 0.29) is 17.7 Å². The number of carbonyl (C=O) groups excluding carboxylic acids is 2. The number of amides is 1. The van der Waals surface area contributed by atoms with Crippen molar-refractivity contribution in [3.05, 3.63) is 58.7 Å². The second kappa shape index (κ2) is 8.17. The van der Waals surface area contributed by atoms with E-state index < -0.39 is 23.6 Å². The molecule has 0 aliphatic heterocycles. The smallest absolute Gasteiger partial charge is 0.417 e. The van der Waals surface area contributed by atoms with Crippen LogP contribution < -0.4 is 5.32 Å². The van der Waals surface area contributed by atoms with Crippen molar-refractivity contribution in [1.29, 1.82) is 0 Å². The summed E-state index contributed by atoms with van der Waals surface area (Å²) in [5, 5.41) is 12.0. The number of ether oxygens (including phenoxy) is 1. The largest absolute Gasteiger partial charge is 0.464 e. The zero-order chi connectivity index (χ0) is 22.9. The van der Waals surface area contributed by atoms with E-state index in [2.05, 4.69) is 15.3 Å². The first-order valence-electron chi connectivity index (χ1n) is 9.67. The summed E-state index contributed by atoms with van der Waals surface area (Å²) in [6.45, 7) is 6.89. The van der Waals surface area contributed by atoms with Crippen molar-refractivity contribution in [2.24, 2.45) is 0 Å². The van der Waals surface area contributed by atoms with Crippen LogP contribution in [0.15, 0.2) is 30.3 Å². The number of imidazole rings is 1. The molecule has 2 heterocycles. The molecule has 2 N–H and O–H groups in total. The Morgan fingerprint density at radius 3 is 2.48 bits per heavy atom. The van der Waals surface area contributed by atoms with Crippen molar-refractivity contribution < 1.29 is 24.2 Å². The van der Waals surface area contributed by atoms with E-state index in [9.17, 15) is 19.5 Å². The summed E-state index contributed by atoms with van der Waals surface area (Å²) in [5.74, 6) is -0.655. The molecule has 0 spiro atoms. The van der Waals surface area contributed by atoms with Crippen LogP contribution in [0.25, 0.3) is 11.0 Å². The molecule has 0 atom stereocenters. The molecule has 31 heavy (non-hydrogen) atoms. The third kappa shape index (κ3) is 4.71. The lowest BCUT2D eigenvalue weighted by Crippen LogP contribution is -2.25. The van der Waals surface area contributed by atoms with Crippen LogP contribution in [-0.2, 0) is 11.2 Å². The number of nitrogens with one attached hydrogen (secondary N) is 1. The number of esters is 1. The van der Waals surface area contributed by atoms with E-state index >= 15 is 0 Å². The van der Waals surface area contributed by atoms with E-state index in [1.807, 2.05) is 6.07 Å². The Labute approximate surface area is 179 Å². The second-order valence-corrected chi connectivity index (χ2v) is 8.05. The zero-order valence-corrected chi connectivity index (χ0v) is 18.0. The number of aromatic nitrogens is 3. The molecule has 0 saturated carbocycles. The first-order chi connectivity index (χ1) is 14.5. The number of carbonyl (C=O) groups is 3. The Morgan fingerprint density at radius 2 is 1.87 bits per heavy atom. The Hall–Kier alpha value is -3.75. The maximum Gasteiger partial charge on any atom is 0.417 e. The topological polar surface area (TPSA) is 123 Å². The minimum atomic E-state index is -1.12. The molecule has 3 aromatic rings. The summed E-state index contributed by atoms with van der Waals surface area (Å²) in [7, 11) is 1.48. The van der Waals surface area contributed by atoms with Gasteiger partial charge in [0.25, 0.3) is 5.91 Å². The number of nitrogens with zero attached hydrogens (tertiary/aromatic N) is 3. The average Bonchev–Trinajstić information content (AvgIpc) is 3.03. The summed E-state index contributed by atoms with van der Waals surface area (Å²) < 4.78 is 6.54. The van der Waals surface area contributed by atoms with Crippen molar-refractivity contribution >= 4 is 29.0 Å². The van der Waals surface area contributed by atoms with Crippen LogP contribution in [0.4, 0.5) is 4.79 Å². The van der Waals surface area contributed by atoms with E-state index in [4.69, 9.17) is 4.74 Å². The van der Waals surface area contributed by atoms with Crippen LogP contribution in [0.1, 0.15) is 58.7 Å². The lowest BCUT2D eigenvalue weighted by atomic mass is 10.0. The Balaban J connectivity index is 2.08. The van der Waals surface area contributed by atoms with Crippen LogP contribution in [0.2, 0.25) is 0 Å². The van der Waals surface area contributed by atoms with Gasteiger partial charge in [-0.3, -0.25) is 4.79 Å². The number of hydrogen-bond donors (Lipinski definition) is 2. The van der Waals surface area contributed by atoms with Crippen molar-refractivity contribution in [1.82, 2.24) is 19.9 Å². The Bertz CT molecular complexity index is 1190. The number of pyridine rings is 1. The van der Waals surface area contributed by atoms with Gasteiger partial charge >= 0.3 is 12.1 Å². The number of rotatable bonds is 4. The molecule has 2 aromatic heterocycles. The van der Waals surface area contributed by atoms with Gasteiger partial charge < -0.3 is 15.2 Å². The summed E-state index contributed by atoms with van der Waals surface area (Å²) in [6.07, 6.45) is -0.877. The third-order valence-corrected chi connectivity index (χ3v) is 4.47. The molecular weight excluding hydrogens is 400 g/mol. The monoisotopic (exact) mass is 424 g/mol. The fraction of sp³-hybridized carbons (Fsp3) is 0.318. The molecule has 1 amide bonds. The molecule has 1 aromatic carbocycles. The molecular formula is C22H24N4O5. The lowest BCUT2D eigenvalue weighted by molar-refractivity contribution is 0.00691. The molecule has 9 heteroatoms. The highest BCUT2D eigenvalue weighted by molar-refractivity contribution is 5.96. The second-order valence-electron chi connectivity index (χ2n) is 8.05. The maximum atomic E-state index is 12.6. The number of aryl methyl sites for hydroxylation is 1. The van der Waals surface area contributed by atoms with Crippen LogP contribution >= 0.6 is 0 Å². The molecule has 0 radical (unpaired) electrons. The SMILES string of the molecule is CNC(=O)c1cc(C(=O)OC(C)(C)C)cc(Cc2cccc3c2nc(C)n3C(=O)O)n1. The van der Waals surface area contributed by atoms with E-state index in [1.54, 1.807) is 45.9 Å². The lowest BCUT2D eigenvalue weighted by Gasteiger charge is -2.20. The third-order valence-electron chi connectivity index (χ3n) is 4.47. The predicted octanol–water partition coefficient (Wildman–Crippen LogP) is 3.17. The fourth-order valence-electron chi connectivity index (χ4n) is 3.23. The standard InChI is InChI=1S/C22H24N4O5/c1-12-24-18-13(7-6-8-17(18)26(12)21(29)30)9-15-10-14(20(28)31-22(2,3)4)11-16(25-15)19(27)23-5/h6-8,10-11H,9H2,1-5H3,(H,23,27)(H,29,30). The zero-order valence-electron chi connectivity index (χ0n) is 18.0. The molecule has 0 fully saturated rings. The summed E-state index contributed by atoms with van der Waals surface area (Å²) in [4.78, 5) is 45.1. The summed E-state index contributed by atoms with van der Waals surface area (Å²) in [5.41, 5.74) is 1.75. The van der Waals surface area contributed by atoms with Gasteiger partial charge in [-0.2, -0.15) is 0 Å². The minimum absolute atomic E-state index is 0.0836. The van der Waals surface area contributed by atoms with Crippen LogP contribution in [-0.4, -0.2) is 50.3 Å². The van der Waals surface area contributed by atoms with Gasteiger partial charge in [0.05, 0.1) is 16.6 Å². The number of para-hydroxylation sites is 1.